The Morgan fingerprint density at radius 2 is 2.09 bits per heavy atom. The molecule has 3 rings (SSSR count). The Hall–Kier alpha value is -2.24. The summed E-state index contributed by atoms with van der Waals surface area (Å²) in [7, 11) is 0. The van der Waals surface area contributed by atoms with Crippen LogP contribution in [0, 0.1) is 6.92 Å². The van der Waals surface area contributed by atoms with Gasteiger partial charge in [-0.3, -0.25) is 4.79 Å². The van der Waals surface area contributed by atoms with Crippen LogP contribution in [0.3, 0.4) is 0 Å². The summed E-state index contributed by atoms with van der Waals surface area (Å²) < 4.78 is 7.24. The summed E-state index contributed by atoms with van der Waals surface area (Å²) in [5, 5.41) is 3.63. The van der Waals surface area contributed by atoms with Crippen LogP contribution in [-0.4, -0.2) is 21.9 Å². The second-order valence-electron chi connectivity index (χ2n) is 4.98. The van der Waals surface area contributed by atoms with Crippen LogP contribution >= 0.6 is 23.2 Å². The van der Waals surface area contributed by atoms with Crippen LogP contribution in [0.15, 0.2) is 42.7 Å². The number of rotatable bonds is 4. The van der Waals surface area contributed by atoms with Gasteiger partial charge in [-0.25, -0.2) is 4.98 Å². The number of hydrogen-bond donors (Lipinski definition) is 1. The summed E-state index contributed by atoms with van der Waals surface area (Å²) >= 11 is 11.8. The molecule has 1 N–H and O–H groups in total. The Balaban J connectivity index is 1.63. The molecule has 118 valence electrons. The Morgan fingerprint density at radius 3 is 2.87 bits per heavy atom. The van der Waals surface area contributed by atoms with Crippen LogP contribution in [0.1, 0.15) is 5.69 Å². The molecule has 5 nitrogen and oxygen atoms in total. The molecule has 7 heteroatoms. The number of ether oxygens (including phenoxy) is 1. The van der Waals surface area contributed by atoms with Gasteiger partial charge in [-0.15, -0.1) is 0 Å². The van der Waals surface area contributed by atoms with Crippen molar-refractivity contribution >= 4 is 40.4 Å². The first-order chi connectivity index (χ1) is 11.0. The molecule has 0 unspecified atom stereocenters. The number of carbonyl (C=O) groups is 1. The normalized spacial score (nSPS) is 10.7. The van der Waals surface area contributed by atoms with Crippen LogP contribution < -0.4 is 10.1 Å². The highest BCUT2D eigenvalue weighted by Crippen LogP contribution is 2.27. The van der Waals surface area contributed by atoms with Gasteiger partial charge in [0, 0.05) is 17.4 Å². The highest BCUT2D eigenvalue weighted by atomic mass is 35.5. The molecular formula is C16H13Cl2N3O2. The molecular weight excluding hydrogens is 337 g/mol. The number of anilines is 1. The maximum atomic E-state index is 12.0. The highest BCUT2D eigenvalue weighted by molar-refractivity contribution is 6.35. The number of imidazole rings is 1. The van der Waals surface area contributed by atoms with Gasteiger partial charge in [0.2, 0.25) is 0 Å². The molecule has 0 saturated carbocycles. The van der Waals surface area contributed by atoms with Crippen molar-refractivity contribution in [2.75, 3.05) is 11.9 Å². The lowest BCUT2D eigenvalue weighted by atomic mass is 10.3. The summed E-state index contributed by atoms with van der Waals surface area (Å²) in [6.45, 7) is 1.76. The van der Waals surface area contributed by atoms with Gasteiger partial charge in [-0.2, -0.15) is 0 Å². The molecule has 0 bridgehead atoms. The standard InChI is InChI=1S/C16H13Cl2N3O2/c1-10-7-21-8-12(3-5-15(21)19-10)20-16(22)9-23-14-4-2-11(17)6-13(14)18/h2-8H,9H2,1H3,(H,20,22). The largest absolute Gasteiger partial charge is 0.482 e. The van der Waals surface area contributed by atoms with Gasteiger partial charge in [0.05, 0.1) is 16.4 Å². The summed E-state index contributed by atoms with van der Waals surface area (Å²) in [6.07, 6.45) is 3.68. The van der Waals surface area contributed by atoms with Gasteiger partial charge in [0.1, 0.15) is 11.4 Å². The van der Waals surface area contributed by atoms with Crippen LogP contribution in [-0.2, 0) is 4.79 Å². The van der Waals surface area contributed by atoms with Crippen molar-refractivity contribution in [2.24, 2.45) is 0 Å². The van der Waals surface area contributed by atoms with Crippen LogP contribution in [0.5, 0.6) is 5.75 Å². The molecule has 0 aliphatic rings. The lowest BCUT2D eigenvalue weighted by molar-refractivity contribution is -0.118. The number of amides is 1. The van der Waals surface area contributed by atoms with Crippen molar-refractivity contribution in [3.63, 3.8) is 0 Å². The number of aryl methyl sites for hydroxylation is 1. The topological polar surface area (TPSA) is 55.6 Å². The number of fused-ring (bicyclic) bond motifs is 1. The minimum atomic E-state index is -0.285. The number of aromatic nitrogens is 2. The van der Waals surface area contributed by atoms with E-state index in [-0.39, 0.29) is 12.5 Å². The quantitative estimate of drug-likeness (QED) is 0.775. The fourth-order valence-corrected chi connectivity index (χ4v) is 2.59. The molecule has 1 aromatic carbocycles. The number of nitrogens with one attached hydrogen (secondary N) is 1. The zero-order valence-corrected chi connectivity index (χ0v) is 13.7. The molecule has 0 atom stereocenters. The second-order valence-corrected chi connectivity index (χ2v) is 5.82. The third kappa shape index (κ3) is 3.75. The third-order valence-electron chi connectivity index (χ3n) is 3.11. The van der Waals surface area contributed by atoms with Gasteiger partial charge < -0.3 is 14.5 Å². The minimum absolute atomic E-state index is 0.150. The number of benzene rings is 1. The molecule has 3 aromatic rings. The van der Waals surface area contributed by atoms with Gasteiger partial charge in [0.25, 0.3) is 5.91 Å². The maximum Gasteiger partial charge on any atom is 0.262 e. The van der Waals surface area contributed by atoms with Crippen molar-refractivity contribution in [3.8, 4) is 5.75 Å². The zero-order chi connectivity index (χ0) is 16.4. The average Bonchev–Trinajstić information content (AvgIpc) is 2.85. The minimum Gasteiger partial charge on any atom is -0.482 e. The van der Waals surface area contributed by atoms with Gasteiger partial charge in [-0.1, -0.05) is 23.2 Å². The Labute approximate surface area is 142 Å². The first kappa shape index (κ1) is 15.6. The number of pyridine rings is 1. The molecule has 0 spiro atoms. The number of carbonyl (C=O) groups excluding carboxylic acids is 1. The molecule has 0 radical (unpaired) electrons. The Kier molecular flexibility index (Phi) is 4.41. The number of halogens is 2. The zero-order valence-electron chi connectivity index (χ0n) is 12.2. The van der Waals surface area contributed by atoms with Crippen molar-refractivity contribution in [1.82, 2.24) is 9.38 Å². The smallest absolute Gasteiger partial charge is 0.262 e. The fourth-order valence-electron chi connectivity index (χ4n) is 2.13. The number of nitrogens with zero attached hydrogens (tertiary/aromatic N) is 2. The first-order valence-corrected chi connectivity index (χ1v) is 7.60. The maximum absolute atomic E-state index is 12.0. The first-order valence-electron chi connectivity index (χ1n) is 6.84. The lowest BCUT2D eigenvalue weighted by Gasteiger charge is -2.09. The molecule has 0 saturated heterocycles. The Bertz CT molecular complexity index is 877. The predicted octanol–water partition coefficient (Wildman–Crippen LogP) is 3.97. The molecule has 0 aliphatic heterocycles. The van der Waals surface area contributed by atoms with E-state index in [9.17, 15) is 4.79 Å². The van der Waals surface area contributed by atoms with E-state index in [2.05, 4.69) is 10.3 Å². The lowest BCUT2D eigenvalue weighted by Crippen LogP contribution is -2.20. The molecule has 1 amide bonds. The fraction of sp³-hybridized carbons (Fsp3) is 0.125. The van der Waals surface area contributed by atoms with E-state index in [1.807, 2.05) is 23.6 Å². The average molecular weight is 350 g/mol. The Morgan fingerprint density at radius 1 is 1.26 bits per heavy atom. The summed E-state index contributed by atoms with van der Waals surface area (Å²) in [5.74, 6) is 0.124. The van der Waals surface area contributed by atoms with Crippen molar-refractivity contribution < 1.29 is 9.53 Å². The third-order valence-corrected chi connectivity index (χ3v) is 3.64. The monoisotopic (exact) mass is 349 g/mol. The van der Waals surface area contributed by atoms with Crippen molar-refractivity contribution in [1.29, 1.82) is 0 Å². The molecule has 0 fully saturated rings. The van der Waals surface area contributed by atoms with E-state index in [4.69, 9.17) is 27.9 Å². The molecule has 2 heterocycles. The van der Waals surface area contributed by atoms with E-state index in [0.717, 1.165) is 11.3 Å². The second kappa shape index (κ2) is 6.48. The van der Waals surface area contributed by atoms with Crippen molar-refractivity contribution in [3.05, 3.63) is 58.5 Å². The number of hydrogen-bond acceptors (Lipinski definition) is 3. The SMILES string of the molecule is Cc1cn2cc(NC(=O)COc3ccc(Cl)cc3Cl)ccc2n1. The van der Waals surface area contributed by atoms with E-state index >= 15 is 0 Å². The van der Waals surface area contributed by atoms with E-state index in [0.29, 0.717) is 21.5 Å². The van der Waals surface area contributed by atoms with Crippen molar-refractivity contribution in [2.45, 2.75) is 6.92 Å². The summed E-state index contributed by atoms with van der Waals surface area (Å²) in [6, 6.07) is 8.45. The van der Waals surface area contributed by atoms with Gasteiger partial charge in [-0.05, 0) is 37.3 Å². The van der Waals surface area contributed by atoms with Gasteiger partial charge in [0.15, 0.2) is 6.61 Å². The van der Waals surface area contributed by atoms with Crippen LogP contribution in [0.4, 0.5) is 5.69 Å². The molecule has 23 heavy (non-hydrogen) atoms. The van der Waals surface area contributed by atoms with E-state index in [1.54, 1.807) is 30.5 Å². The predicted molar refractivity (Wildman–Crippen MR) is 90.5 cm³/mol. The van der Waals surface area contributed by atoms with E-state index in [1.165, 1.54) is 0 Å². The molecule has 0 aliphatic carbocycles. The molecule has 2 aromatic heterocycles. The summed E-state index contributed by atoms with van der Waals surface area (Å²) in [4.78, 5) is 16.3. The van der Waals surface area contributed by atoms with Gasteiger partial charge >= 0.3 is 0 Å². The van der Waals surface area contributed by atoms with Crippen LogP contribution in [0.25, 0.3) is 5.65 Å². The van der Waals surface area contributed by atoms with Crippen LogP contribution in [0.2, 0.25) is 10.0 Å². The van der Waals surface area contributed by atoms with E-state index < -0.39 is 0 Å². The highest BCUT2D eigenvalue weighted by Gasteiger charge is 2.08. The summed E-state index contributed by atoms with van der Waals surface area (Å²) in [5.41, 5.74) is 2.39.